The molecule has 0 fully saturated rings. The van der Waals surface area contributed by atoms with E-state index in [1.165, 1.54) is 11.3 Å². The molecular weight excluding hydrogens is 592 g/mol. The van der Waals surface area contributed by atoms with Gasteiger partial charge >= 0.3 is 5.97 Å². The first-order chi connectivity index (χ1) is 21.7. The van der Waals surface area contributed by atoms with Gasteiger partial charge in [-0.2, -0.15) is 0 Å². The largest absolute Gasteiger partial charge is 0.493 e. The highest BCUT2D eigenvalue weighted by Gasteiger charge is 2.34. The highest BCUT2D eigenvalue weighted by Crippen LogP contribution is 2.36. The molecule has 0 bridgehead atoms. The molecule has 0 radical (unpaired) electrons. The molecule has 0 amide bonds. The third kappa shape index (κ3) is 6.81. The van der Waals surface area contributed by atoms with Gasteiger partial charge in [0, 0.05) is 0 Å². The number of hydrogen-bond donors (Lipinski definition) is 0. The molecule has 0 saturated heterocycles. The Balaban J connectivity index is 1.61. The van der Waals surface area contributed by atoms with E-state index in [1.54, 1.807) is 63.2 Å². The van der Waals surface area contributed by atoms with Crippen LogP contribution in [0, 0.1) is 5.92 Å². The fourth-order valence-electron chi connectivity index (χ4n) is 5.02. The number of nitrogens with zero attached hydrogens (tertiary/aromatic N) is 2. The van der Waals surface area contributed by atoms with Crippen molar-refractivity contribution in [2.24, 2.45) is 10.9 Å². The Bertz CT molecular complexity index is 1910. The molecule has 9 nitrogen and oxygen atoms in total. The van der Waals surface area contributed by atoms with Crippen molar-refractivity contribution in [3.8, 4) is 23.0 Å². The molecule has 3 aromatic carbocycles. The van der Waals surface area contributed by atoms with Crippen molar-refractivity contribution in [1.82, 2.24) is 4.57 Å². The lowest BCUT2D eigenvalue weighted by molar-refractivity contribution is -0.140. The normalized spacial score (nSPS) is 14.6. The average molecular weight is 629 g/mol. The lowest BCUT2D eigenvalue weighted by Crippen LogP contribution is -2.40. The highest BCUT2D eigenvalue weighted by atomic mass is 32.1. The molecule has 234 valence electrons. The molecule has 45 heavy (non-hydrogen) atoms. The Morgan fingerprint density at radius 1 is 0.933 bits per heavy atom. The van der Waals surface area contributed by atoms with Crippen LogP contribution in [0.2, 0.25) is 0 Å². The number of allylic oxidation sites excluding steroid dienone is 1. The Morgan fingerprint density at radius 2 is 1.62 bits per heavy atom. The molecule has 2 heterocycles. The molecule has 5 rings (SSSR count). The summed E-state index contributed by atoms with van der Waals surface area (Å²) in [5.41, 5.74) is 2.91. The van der Waals surface area contributed by atoms with Gasteiger partial charge in [-0.25, -0.2) is 9.79 Å². The average Bonchev–Trinajstić information content (AvgIpc) is 3.35. The Morgan fingerprint density at radius 3 is 2.31 bits per heavy atom. The quantitative estimate of drug-likeness (QED) is 0.215. The number of ether oxygens (including phenoxy) is 5. The number of carbonyl (C=O) groups is 1. The monoisotopic (exact) mass is 628 g/mol. The number of rotatable bonds is 11. The predicted octanol–water partition coefficient (Wildman–Crippen LogP) is 5.04. The SMILES string of the molecule is COc1ccc(/C=c2\sc3n(c2=O)C(c2ccc(OCc4ccccc4)c(OC)c2)C(C(=O)OCC(C)C)=C(C)N=3)cc1OC. The molecule has 0 aliphatic carbocycles. The van der Waals surface area contributed by atoms with E-state index in [-0.39, 0.29) is 18.1 Å². The zero-order valence-corrected chi connectivity index (χ0v) is 27.0. The molecule has 1 aromatic heterocycles. The number of benzene rings is 3. The fourth-order valence-corrected chi connectivity index (χ4v) is 6.07. The van der Waals surface area contributed by atoms with Crippen molar-refractivity contribution < 1.29 is 28.5 Å². The van der Waals surface area contributed by atoms with E-state index in [1.807, 2.05) is 56.3 Å². The van der Waals surface area contributed by atoms with Crippen LogP contribution in [0.4, 0.5) is 0 Å². The van der Waals surface area contributed by atoms with Crippen LogP contribution in [0.3, 0.4) is 0 Å². The van der Waals surface area contributed by atoms with Gasteiger partial charge in [0.25, 0.3) is 5.56 Å². The summed E-state index contributed by atoms with van der Waals surface area (Å²) in [5.74, 6) is 1.76. The standard InChI is InChI=1S/C35H36N2O7S/c1-21(2)19-44-34(39)31-22(3)36-35-37(33(38)30(45-35)17-24-12-14-26(40-4)28(16-24)41-5)32(31)25-13-15-27(29(18-25)42-6)43-20-23-10-8-7-9-11-23/h7-18,21,32H,19-20H2,1-6H3/b30-17-. The summed E-state index contributed by atoms with van der Waals surface area (Å²) in [5, 5.41) is 0. The molecule has 0 saturated carbocycles. The van der Waals surface area contributed by atoms with Crippen LogP contribution in [-0.2, 0) is 16.1 Å². The van der Waals surface area contributed by atoms with Crippen LogP contribution in [-0.4, -0.2) is 38.5 Å². The van der Waals surface area contributed by atoms with E-state index >= 15 is 0 Å². The number of aromatic nitrogens is 1. The molecule has 10 heteroatoms. The summed E-state index contributed by atoms with van der Waals surface area (Å²) < 4.78 is 30.3. The number of fused-ring (bicyclic) bond motifs is 1. The maximum absolute atomic E-state index is 14.1. The van der Waals surface area contributed by atoms with Crippen LogP contribution in [0.5, 0.6) is 23.0 Å². The van der Waals surface area contributed by atoms with Gasteiger partial charge < -0.3 is 23.7 Å². The van der Waals surface area contributed by atoms with Gasteiger partial charge in [0.2, 0.25) is 0 Å². The Labute approximate surface area is 265 Å². The second kappa shape index (κ2) is 13.9. The van der Waals surface area contributed by atoms with E-state index in [0.29, 0.717) is 55.8 Å². The van der Waals surface area contributed by atoms with E-state index in [2.05, 4.69) is 0 Å². The molecule has 1 aliphatic rings. The van der Waals surface area contributed by atoms with E-state index < -0.39 is 12.0 Å². The summed E-state index contributed by atoms with van der Waals surface area (Å²) in [6.45, 7) is 6.29. The van der Waals surface area contributed by atoms with Crippen LogP contribution < -0.4 is 33.8 Å². The molecule has 1 aliphatic heterocycles. The minimum atomic E-state index is -0.800. The molecule has 1 unspecified atom stereocenters. The van der Waals surface area contributed by atoms with Crippen molar-refractivity contribution >= 4 is 23.4 Å². The molecule has 1 atom stereocenters. The van der Waals surface area contributed by atoms with Crippen LogP contribution in [0.25, 0.3) is 6.08 Å². The number of carbonyl (C=O) groups excluding carboxylic acids is 1. The Hall–Kier alpha value is -4.83. The Kier molecular flexibility index (Phi) is 9.73. The minimum absolute atomic E-state index is 0.136. The van der Waals surface area contributed by atoms with Crippen molar-refractivity contribution in [2.45, 2.75) is 33.4 Å². The first kappa shape index (κ1) is 31.6. The molecule has 0 N–H and O–H groups in total. The summed E-state index contributed by atoms with van der Waals surface area (Å²) in [6.07, 6.45) is 1.78. The lowest BCUT2D eigenvalue weighted by Gasteiger charge is -2.25. The number of thiazole rings is 1. The van der Waals surface area contributed by atoms with Gasteiger partial charge in [-0.15, -0.1) is 0 Å². The van der Waals surface area contributed by atoms with Gasteiger partial charge in [-0.05, 0) is 59.9 Å². The zero-order valence-electron chi connectivity index (χ0n) is 26.2. The summed E-state index contributed by atoms with van der Waals surface area (Å²) in [6, 6.07) is 19.9. The zero-order chi connectivity index (χ0) is 32.1. The van der Waals surface area contributed by atoms with E-state index in [4.69, 9.17) is 28.7 Å². The number of methoxy groups -OCH3 is 3. The smallest absolute Gasteiger partial charge is 0.338 e. The van der Waals surface area contributed by atoms with Gasteiger partial charge in [-0.1, -0.05) is 67.6 Å². The van der Waals surface area contributed by atoms with E-state index in [9.17, 15) is 9.59 Å². The van der Waals surface area contributed by atoms with Gasteiger partial charge in [-0.3, -0.25) is 9.36 Å². The van der Waals surface area contributed by atoms with Gasteiger partial charge in [0.15, 0.2) is 27.8 Å². The third-order valence-electron chi connectivity index (χ3n) is 7.24. The summed E-state index contributed by atoms with van der Waals surface area (Å²) in [7, 11) is 4.69. The van der Waals surface area contributed by atoms with E-state index in [0.717, 1.165) is 11.1 Å². The molecule has 4 aromatic rings. The molecule has 0 spiro atoms. The maximum atomic E-state index is 14.1. The van der Waals surface area contributed by atoms with Crippen LogP contribution >= 0.6 is 11.3 Å². The third-order valence-corrected chi connectivity index (χ3v) is 8.22. The summed E-state index contributed by atoms with van der Waals surface area (Å²) >= 11 is 1.25. The van der Waals surface area contributed by atoms with Gasteiger partial charge in [0.05, 0.1) is 49.8 Å². The number of esters is 1. The lowest BCUT2D eigenvalue weighted by atomic mass is 9.95. The first-order valence-electron chi connectivity index (χ1n) is 14.5. The van der Waals surface area contributed by atoms with Crippen molar-refractivity contribution in [2.75, 3.05) is 27.9 Å². The fraction of sp³-hybridized carbons (Fsp3) is 0.286. The summed E-state index contributed by atoms with van der Waals surface area (Å²) in [4.78, 5) is 32.9. The maximum Gasteiger partial charge on any atom is 0.338 e. The van der Waals surface area contributed by atoms with Gasteiger partial charge in [0.1, 0.15) is 6.61 Å². The topological polar surface area (TPSA) is 97.6 Å². The van der Waals surface area contributed by atoms with Crippen molar-refractivity contribution in [3.05, 3.63) is 114 Å². The van der Waals surface area contributed by atoms with Crippen molar-refractivity contribution in [1.29, 1.82) is 0 Å². The second-order valence-electron chi connectivity index (χ2n) is 10.9. The first-order valence-corrected chi connectivity index (χ1v) is 15.3. The van der Waals surface area contributed by atoms with Crippen LogP contribution in [0.1, 0.15) is 43.5 Å². The second-order valence-corrected chi connectivity index (χ2v) is 11.9. The predicted molar refractivity (Wildman–Crippen MR) is 173 cm³/mol. The van der Waals surface area contributed by atoms with Crippen LogP contribution in [0.15, 0.2) is 87.8 Å². The highest BCUT2D eigenvalue weighted by molar-refractivity contribution is 7.07. The number of hydrogen-bond acceptors (Lipinski definition) is 9. The molecular formula is C35H36N2O7S. The minimum Gasteiger partial charge on any atom is -0.493 e. The van der Waals surface area contributed by atoms with Crippen molar-refractivity contribution in [3.63, 3.8) is 0 Å².